The molecule has 0 heterocycles. The van der Waals surface area contributed by atoms with Crippen LogP contribution in [-0.4, -0.2) is 14.3 Å². The fourth-order valence-corrected chi connectivity index (χ4v) is 2.19. The van der Waals surface area contributed by atoms with Crippen LogP contribution in [0.5, 0.6) is 0 Å². The molecular formula is C11H12FNO3S. The van der Waals surface area contributed by atoms with Crippen molar-refractivity contribution in [1.82, 2.24) is 0 Å². The van der Waals surface area contributed by atoms with Crippen LogP contribution in [0.4, 0.5) is 9.57 Å². The average Bonchev–Trinajstić information content (AvgIpc) is 3.00. The van der Waals surface area contributed by atoms with Gasteiger partial charge in [0.1, 0.15) is 4.90 Å². The lowest BCUT2D eigenvalue weighted by atomic mass is 10.2. The highest BCUT2D eigenvalue weighted by atomic mass is 32.3. The Hall–Kier alpha value is -1.43. The number of anilines is 1. The zero-order chi connectivity index (χ0) is 12.5. The second kappa shape index (κ2) is 4.44. The van der Waals surface area contributed by atoms with Crippen molar-refractivity contribution in [2.75, 3.05) is 5.32 Å². The minimum Gasteiger partial charge on any atom is -0.325 e. The number of rotatable bonds is 4. The summed E-state index contributed by atoms with van der Waals surface area (Å²) in [7, 11) is -4.81. The van der Waals surface area contributed by atoms with Crippen molar-refractivity contribution in [3.63, 3.8) is 0 Å². The Kier molecular flexibility index (Phi) is 3.15. The molecule has 0 spiro atoms. The zero-order valence-electron chi connectivity index (χ0n) is 9.02. The van der Waals surface area contributed by atoms with Crippen LogP contribution in [0.25, 0.3) is 0 Å². The Morgan fingerprint density at radius 1 is 1.35 bits per heavy atom. The van der Waals surface area contributed by atoms with Gasteiger partial charge in [0.25, 0.3) is 0 Å². The molecule has 1 aromatic carbocycles. The summed E-state index contributed by atoms with van der Waals surface area (Å²) in [6.07, 6.45) is 2.41. The van der Waals surface area contributed by atoms with Gasteiger partial charge in [-0.1, -0.05) is 12.1 Å². The highest BCUT2D eigenvalue weighted by molar-refractivity contribution is 7.86. The third kappa shape index (κ3) is 3.26. The van der Waals surface area contributed by atoms with E-state index in [0.717, 1.165) is 18.9 Å². The number of nitrogens with one attached hydrogen (secondary N) is 1. The first-order valence-electron chi connectivity index (χ1n) is 5.30. The minimum absolute atomic E-state index is 0.000602. The van der Waals surface area contributed by atoms with Gasteiger partial charge in [0.2, 0.25) is 5.91 Å². The van der Waals surface area contributed by atoms with Crippen molar-refractivity contribution in [3.8, 4) is 0 Å². The molecule has 1 saturated carbocycles. The molecule has 0 unspecified atom stereocenters. The lowest BCUT2D eigenvalue weighted by Crippen LogP contribution is -2.14. The number of halogens is 1. The summed E-state index contributed by atoms with van der Waals surface area (Å²) >= 11 is 0. The van der Waals surface area contributed by atoms with Crippen LogP contribution in [-0.2, 0) is 15.0 Å². The normalized spacial score (nSPS) is 15.6. The number of amides is 1. The maximum atomic E-state index is 12.9. The molecular weight excluding hydrogens is 245 g/mol. The highest BCUT2D eigenvalue weighted by Gasteiger charge is 2.25. The van der Waals surface area contributed by atoms with Gasteiger partial charge < -0.3 is 5.32 Å². The van der Waals surface area contributed by atoms with Gasteiger partial charge in [0.05, 0.1) is 5.69 Å². The monoisotopic (exact) mass is 257 g/mol. The lowest BCUT2D eigenvalue weighted by molar-refractivity contribution is -0.116. The number of carbonyl (C=O) groups excluding carboxylic acids is 1. The first-order valence-corrected chi connectivity index (χ1v) is 6.69. The molecule has 0 saturated heterocycles. The second-order valence-corrected chi connectivity index (χ2v) is 5.45. The van der Waals surface area contributed by atoms with Crippen molar-refractivity contribution in [2.45, 2.75) is 24.2 Å². The van der Waals surface area contributed by atoms with E-state index in [9.17, 15) is 17.1 Å². The van der Waals surface area contributed by atoms with Crippen LogP contribution in [0.2, 0.25) is 0 Å². The van der Waals surface area contributed by atoms with E-state index in [-0.39, 0.29) is 11.6 Å². The van der Waals surface area contributed by atoms with Gasteiger partial charge in [-0.15, -0.1) is 3.89 Å². The van der Waals surface area contributed by atoms with Crippen molar-refractivity contribution in [1.29, 1.82) is 0 Å². The van der Waals surface area contributed by atoms with Crippen LogP contribution in [0.1, 0.15) is 19.3 Å². The summed E-state index contributed by atoms with van der Waals surface area (Å²) in [4.78, 5) is 11.0. The number of carbonyl (C=O) groups is 1. The van der Waals surface area contributed by atoms with E-state index < -0.39 is 15.1 Å². The molecule has 1 amide bonds. The van der Waals surface area contributed by atoms with Gasteiger partial charge >= 0.3 is 10.2 Å². The van der Waals surface area contributed by atoms with Crippen LogP contribution in [0, 0.1) is 5.92 Å². The molecule has 1 aliphatic rings. The Morgan fingerprint density at radius 3 is 2.59 bits per heavy atom. The summed E-state index contributed by atoms with van der Waals surface area (Å²) in [5.74, 6) is 0.118. The first kappa shape index (κ1) is 12.0. The predicted molar refractivity (Wildman–Crippen MR) is 60.7 cm³/mol. The van der Waals surface area contributed by atoms with E-state index in [4.69, 9.17) is 0 Å². The molecule has 17 heavy (non-hydrogen) atoms. The molecule has 0 radical (unpaired) electrons. The fraction of sp³-hybridized carbons (Fsp3) is 0.364. The van der Waals surface area contributed by atoms with Gasteiger partial charge in [-0.2, -0.15) is 8.42 Å². The maximum Gasteiger partial charge on any atom is 0.334 e. The first-order chi connectivity index (χ1) is 7.97. The van der Waals surface area contributed by atoms with E-state index >= 15 is 0 Å². The van der Waals surface area contributed by atoms with Crippen LogP contribution in [0.15, 0.2) is 29.2 Å². The highest BCUT2D eigenvalue weighted by Crippen LogP contribution is 2.33. The molecule has 1 aliphatic carbocycles. The summed E-state index contributed by atoms with van der Waals surface area (Å²) in [6, 6.07) is 5.45. The Labute approximate surface area is 99.0 Å². The zero-order valence-corrected chi connectivity index (χ0v) is 9.84. The molecule has 92 valence electrons. The van der Waals surface area contributed by atoms with Crippen molar-refractivity contribution >= 4 is 21.8 Å². The average molecular weight is 257 g/mol. The van der Waals surface area contributed by atoms with Crippen LogP contribution < -0.4 is 5.32 Å². The predicted octanol–water partition coefficient (Wildman–Crippen LogP) is 2.08. The Morgan fingerprint density at radius 2 is 2.00 bits per heavy atom. The molecule has 4 nitrogen and oxygen atoms in total. The topological polar surface area (TPSA) is 63.2 Å². The Bertz CT molecular complexity index is 537. The van der Waals surface area contributed by atoms with Crippen molar-refractivity contribution < 1.29 is 17.1 Å². The third-order valence-corrected chi connectivity index (χ3v) is 3.48. The number of hydrogen-bond acceptors (Lipinski definition) is 3. The molecule has 1 aromatic rings. The number of benzene rings is 1. The van der Waals surface area contributed by atoms with Gasteiger partial charge in [-0.3, -0.25) is 4.79 Å². The number of hydrogen-bond donors (Lipinski definition) is 1. The standard InChI is InChI=1S/C11H12FNO3S/c12-17(15,16)10-4-2-1-3-9(10)13-11(14)7-8-5-6-8/h1-4,8H,5-7H2,(H,13,14). The van der Waals surface area contributed by atoms with Gasteiger partial charge in [0, 0.05) is 6.42 Å². The third-order valence-electron chi connectivity index (χ3n) is 2.59. The quantitative estimate of drug-likeness (QED) is 0.840. The summed E-state index contributed by atoms with van der Waals surface area (Å²) < 4.78 is 34.6. The van der Waals surface area contributed by atoms with Crippen LogP contribution >= 0.6 is 0 Å². The molecule has 0 aromatic heterocycles. The van der Waals surface area contributed by atoms with E-state index in [2.05, 4.69) is 5.32 Å². The Balaban J connectivity index is 2.17. The van der Waals surface area contributed by atoms with Gasteiger partial charge in [-0.25, -0.2) is 0 Å². The SMILES string of the molecule is O=C(CC1CC1)Nc1ccccc1S(=O)(=O)F. The van der Waals surface area contributed by atoms with Crippen molar-refractivity contribution in [2.24, 2.45) is 5.92 Å². The summed E-state index contributed by atoms with van der Waals surface area (Å²) in [6.45, 7) is 0. The van der Waals surface area contributed by atoms with Crippen molar-refractivity contribution in [3.05, 3.63) is 24.3 Å². The lowest BCUT2D eigenvalue weighted by Gasteiger charge is -2.07. The molecule has 0 aliphatic heterocycles. The molecule has 1 fully saturated rings. The summed E-state index contributed by atoms with van der Waals surface area (Å²) in [5, 5.41) is 2.43. The largest absolute Gasteiger partial charge is 0.334 e. The molecule has 6 heteroatoms. The van der Waals surface area contributed by atoms with E-state index in [1.807, 2.05) is 0 Å². The molecule has 0 bridgehead atoms. The van der Waals surface area contributed by atoms with Gasteiger partial charge in [-0.05, 0) is 30.9 Å². The molecule has 2 rings (SSSR count). The minimum atomic E-state index is -4.81. The second-order valence-electron chi connectivity index (χ2n) is 4.13. The van der Waals surface area contributed by atoms with Gasteiger partial charge in [0.15, 0.2) is 0 Å². The van der Waals surface area contributed by atoms with E-state index in [1.165, 1.54) is 12.1 Å². The maximum absolute atomic E-state index is 12.9. The smallest absolute Gasteiger partial charge is 0.325 e. The molecule has 1 N–H and O–H groups in total. The van der Waals surface area contributed by atoms with E-state index in [1.54, 1.807) is 6.07 Å². The summed E-state index contributed by atoms with van der Waals surface area (Å²) in [5.41, 5.74) is 0.000602. The fourth-order valence-electron chi connectivity index (χ4n) is 1.57. The van der Waals surface area contributed by atoms with E-state index in [0.29, 0.717) is 12.3 Å². The van der Waals surface area contributed by atoms with Crippen LogP contribution in [0.3, 0.4) is 0 Å². The molecule has 0 atom stereocenters. The number of para-hydroxylation sites is 1.